The summed E-state index contributed by atoms with van der Waals surface area (Å²) in [6, 6.07) is 0. The summed E-state index contributed by atoms with van der Waals surface area (Å²) >= 11 is 0. The summed E-state index contributed by atoms with van der Waals surface area (Å²) in [6.45, 7) is 13.2. The quantitative estimate of drug-likeness (QED) is 0.824. The Kier molecular flexibility index (Phi) is 5.19. The van der Waals surface area contributed by atoms with Crippen molar-refractivity contribution in [1.82, 2.24) is 14.9 Å². The molecule has 1 rings (SSSR count). The summed E-state index contributed by atoms with van der Waals surface area (Å²) < 4.78 is 2.29. The molecular weight excluding hydrogens is 210 g/mol. The van der Waals surface area contributed by atoms with E-state index in [2.05, 4.69) is 55.7 Å². The van der Waals surface area contributed by atoms with E-state index in [1.54, 1.807) is 0 Å². The average Bonchev–Trinajstić information content (AvgIpc) is 2.63. The van der Waals surface area contributed by atoms with Gasteiger partial charge in [-0.05, 0) is 39.7 Å². The van der Waals surface area contributed by atoms with Gasteiger partial charge in [0.05, 0.1) is 0 Å². The van der Waals surface area contributed by atoms with E-state index < -0.39 is 0 Å². The number of imidazole rings is 1. The molecule has 1 unspecified atom stereocenters. The van der Waals surface area contributed by atoms with Crippen LogP contribution >= 0.6 is 0 Å². The number of aryl methyl sites for hydroxylation is 1. The van der Waals surface area contributed by atoms with Gasteiger partial charge in [0.2, 0.25) is 0 Å². The van der Waals surface area contributed by atoms with Crippen LogP contribution in [0.2, 0.25) is 0 Å². The second kappa shape index (κ2) is 6.20. The van der Waals surface area contributed by atoms with Crippen molar-refractivity contribution in [2.24, 2.45) is 5.92 Å². The van der Waals surface area contributed by atoms with E-state index in [1.807, 2.05) is 6.20 Å². The van der Waals surface area contributed by atoms with E-state index >= 15 is 0 Å². The Morgan fingerprint density at radius 2 is 2.12 bits per heavy atom. The zero-order valence-electron chi connectivity index (χ0n) is 12.0. The van der Waals surface area contributed by atoms with Gasteiger partial charge in [0.15, 0.2) is 0 Å². The lowest BCUT2D eigenvalue weighted by atomic mass is 10.1. The molecule has 0 aromatic carbocycles. The van der Waals surface area contributed by atoms with E-state index in [-0.39, 0.29) is 5.54 Å². The van der Waals surface area contributed by atoms with E-state index in [0.29, 0.717) is 5.92 Å². The Bertz CT molecular complexity index is 322. The minimum absolute atomic E-state index is 0.204. The second-order valence-corrected chi connectivity index (χ2v) is 5.98. The monoisotopic (exact) mass is 237 g/mol. The molecule has 0 aliphatic rings. The smallest absolute Gasteiger partial charge is 0.108 e. The van der Waals surface area contributed by atoms with Gasteiger partial charge in [-0.25, -0.2) is 4.98 Å². The minimum atomic E-state index is 0.204. The van der Waals surface area contributed by atoms with Crippen molar-refractivity contribution < 1.29 is 0 Å². The molecule has 1 atom stereocenters. The SMILES string of the molecule is CCCc1nccn1CC(C)CNC(C)(C)C. The fraction of sp³-hybridized carbons (Fsp3) is 0.786. The van der Waals surface area contributed by atoms with Gasteiger partial charge in [0.1, 0.15) is 5.82 Å². The molecule has 0 spiro atoms. The lowest BCUT2D eigenvalue weighted by Crippen LogP contribution is -2.39. The zero-order valence-corrected chi connectivity index (χ0v) is 12.0. The van der Waals surface area contributed by atoms with Gasteiger partial charge < -0.3 is 9.88 Å². The van der Waals surface area contributed by atoms with Crippen molar-refractivity contribution in [3.63, 3.8) is 0 Å². The highest BCUT2D eigenvalue weighted by atomic mass is 15.1. The van der Waals surface area contributed by atoms with E-state index in [9.17, 15) is 0 Å². The molecule has 3 heteroatoms. The van der Waals surface area contributed by atoms with Crippen LogP contribution in [0.3, 0.4) is 0 Å². The van der Waals surface area contributed by atoms with Crippen LogP contribution in [0.25, 0.3) is 0 Å². The lowest BCUT2D eigenvalue weighted by Gasteiger charge is -2.24. The fourth-order valence-electron chi connectivity index (χ4n) is 1.84. The molecule has 1 N–H and O–H groups in total. The summed E-state index contributed by atoms with van der Waals surface area (Å²) in [5.41, 5.74) is 0.204. The van der Waals surface area contributed by atoms with Gasteiger partial charge in [-0.3, -0.25) is 0 Å². The third-order valence-corrected chi connectivity index (χ3v) is 2.76. The van der Waals surface area contributed by atoms with Gasteiger partial charge in [0.25, 0.3) is 0 Å². The van der Waals surface area contributed by atoms with Crippen LogP contribution < -0.4 is 5.32 Å². The topological polar surface area (TPSA) is 29.9 Å². The molecule has 1 heterocycles. The van der Waals surface area contributed by atoms with Gasteiger partial charge in [0, 0.05) is 30.9 Å². The molecule has 0 radical (unpaired) electrons. The minimum Gasteiger partial charge on any atom is -0.335 e. The molecule has 17 heavy (non-hydrogen) atoms. The Balaban J connectivity index is 2.44. The number of hydrogen-bond acceptors (Lipinski definition) is 2. The van der Waals surface area contributed by atoms with Crippen molar-refractivity contribution >= 4 is 0 Å². The Labute approximate surface area is 106 Å². The van der Waals surface area contributed by atoms with E-state index in [4.69, 9.17) is 0 Å². The number of rotatable bonds is 6. The third kappa shape index (κ3) is 5.35. The number of nitrogens with one attached hydrogen (secondary N) is 1. The molecule has 0 amide bonds. The number of nitrogens with zero attached hydrogens (tertiary/aromatic N) is 2. The molecular formula is C14H27N3. The van der Waals surface area contributed by atoms with Crippen molar-refractivity contribution in [1.29, 1.82) is 0 Å². The maximum atomic E-state index is 4.41. The van der Waals surface area contributed by atoms with Gasteiger partial charge in [-0.1, -0.05) is 13.8 Å². The van der Waals surface area contributed by atoms with Crippen molar-refractivity contribution in [3.8, 4) is 0 Å². The molecule has 0 aliphatic carbocycles. The first-order chi connectivity index (χ1) is 7.92. The highest BCUT2D eigenvalue weighted by Gasteiger charge is 2.12. The average molecular weight is 237 g/mol. The van der Waals surface area contributed by atoms with Crippen LogP contribution in [0.4, 0.5) is 0 Å². The summed E-state index contributed by atoms with van der Waals surface area (Å²) in [5.74, 6) is 1.84. The van der Waals surface area contributed by atoms with Crippen LogP contribution in [-0.2, 0) is 13.0 Å². The zero-order chi connectivity index (χ0) is 12.9. The lowest BCUT2D eigenvalue weighted by molar-refractivity contribution is 0.357. The van der Waals surface area contributed by atoms with Gasteiger partial charge in [-0.2, -0.15) is 0 Å². The highest BCUT2D eigenvalue weighted by Crippen LogP contribution is 2.07. The maximum Gasteiger partial charge on any atom is 0.108 e. The normalized spacial score (nSPS) is 13.9. The first kappa shape index (κ1) is 14.2. The van der Waals surface area contributed by atoms with Gasteiger partial charge in [-0.15, -0.1) is 0 Å². The summed E-state index contributed by atoms with van der Waals surface area (Å²) in [4.78, 5) is 4.41. The maximum absolute atomic E-state index is 4.41. The summed E-state index contributed by atoms with van der Waals surface area (Å²) in [5, 5.41) is 3.55. The largest absolute Gasteiger partial charge is 0.335 e. The standard InChI is InChI=1S/C14H27N3/c1-6-7-13-15-8-9-17(13)11-12(2)10-16-14(3,4)5/h8-9,12,16H,6-7,10-11H2,1-5H3. The molecule has 1 aromatic rings. The molecule has 0 saturated heterocycles. The van der Waals surface area contributed by atoms with Crippen LogP contribution in [0.15, 0.2) is 12.4 Å². The summed E-state index contributed by atoms with van der Waals surface area (Å²) in [7, 11) is 0. The molecule has 0 saturated carbocycles. The summed E-state index contributed by atoms with van der Waals surface area (Å²) in [6.07, 6.45) is 6.24. The van der Waals surface area contributed by atoms with Crippen molar-refractivity contribution in [2.75, 3.05) is 6.54 Å². The number of hydrogen-bond donors (Lipinski definition) is 1. The van der Waals surface area contributed by atoms with Crippen molar-refractivity contribution in [2.45, 2.75) is 59.5 Å². The molecule has 0 bridgehead atoms. The Hall–Kier alpha value is -0.830. The highest BCUT2D eigenvalue weighted by molar-refractivity contribution is 4.92. The predicted molar refractivity (Wildman–Crippen MR) is 73.1 cm³/mol. The molecule has 3 nitrogen and oxygen atoms in total. The first-order valence-corrected chi connectivity index (χ1v) is 6.67. The van der Waals surface area contributed by atoms with Gasteiger partial charge >= 0.3 is 0 Å². The molecule has 1 aromatic heterocycles. The molecule has 98 valence electrons. The van der Waals surface area contributed by atoms with Crippen molar-refractivity contribution in [3.05, 3.63) is 18.2 Å². The Morgan fingerprint density at radius 1 is 1.41 bits per heavy atom. The second-order valence-electron chi connectivity index (χ2n) is 5.98. The van der Waals surface area contributed by atoms with E-state index in [0.717, 1.165) is 25.9 Å². The van der Waals surface area contributed by atoms with Crippen LogP contribution in [0.5, 0.6) is 0 Å². The van der Waals surface area contributed by atoms with Crippen LogP contribution in [0.1, 0.15) is 46.9 Å². The predicted octanol–water partition coefficient (Wildman–Crippen LogP) is 2.86. The number of aromatic nitrogens is 2. The van der Waals surface area contributed by atoms with E-state index in [1.165, 1.54) is 5.82 Å². The van der Waals surface area contributed by atoms with Crippen LogP contribution in [-0.4, -0.2) is 21.6 Å². The Morgan fingerprint density at radius 3 is 2.71 bits per heavy atom. The molecule has 0 aliphatic heterocycles. The molecule has 0 fully saturated rings. The van der Waals surface area contributed by atoms with Crippen LogP contribution in [0, 0.1) is 5.92 Å². The first-order valence-electron chi connectivity index (χ1n) is 6.67. The third-order valence-electron chi connectivity index (χ3n) is 2.76. The fourth-order valence-corrected chi connectivity index (χ4v) is 1.84.